The van der Waals surface area contributed by atoms with E-state index in [1.165, 1.54) is 0 Å². The smallest absolute Gasteiger partial charge is 0.162 e. The molecule has 0 saturated heterocycles. The van der Waals surface area contributed by atoms with Crippen LogP contribution >= 0.6 is 9.24 Å². The average molecular weight is 153 g/mol. The van der Waals surface area contributed by atoms with Crippen LogP contribution in [0.1, 0.15) is 0 Å². The van der Waals surface area contributed by atoms with E-state index in [1.807, 2.05) is 0 Å². The molecule has 0 aromatic carbocycles. The first-order chi connectivity index (χ1) is 3.25. The first-order valence-corrected chi connectivity index (χ1v) is 2.26. The second kappa shape index (κ2) is 1.79. The zero-order valence-electron chi connectivity index (χ0n) is 3.60. The summed E-state index contributed by atoms with van der Waals surface area (Å²) in [6.07, 6.45) is -5.38. The molecule has 6 heteroatoms. The van der Waals surface area contributed by atoms with Gasteiger partial charge >= 0.3 is 11.8 Å². The normalized spacial score (nSPS) is 14.6. The molecule has 0 fully saturated rings. The molecular formula is C2H3F5P+. The molecule has 0 aromatic heterocycles. The van der Waals surface area contributed by atoms with Crippen molar-refractivity contribution in [2.24, 2.45) is 0 Å². The second-order valence-corrected chi connectivity index (χ2v) is 2.09. The molecule has 50 valence electrons. The zero-order valence-corrected chi connectivity index (χ0v) is 5.01. The van der Waals surface area contributed by atoms with Crippen molar-refractivity contribution < 1.29 is 22.0 Å². The Kier molecular flexibility index (Phi) is 1.81. The number of halogens is 5. The Hall–Kier alpha value is 0.0800. The SMILES string of the molecule is FC(F)(F)C(F)(F)[PH3+]. The number of hydrogen-bond acceptors (Lipinski definition) is 0. The van der Waals surface area contributed by atoms with Crippen LogP contribution in [-0.2, 0) is 0 Å². The van der Waals surface area contributed by atoms with Gasteiger partial charge < -0.3 is 0 Å². The molecule has 0 N–H and O–H groups in total. The molecule has 0 aliphatic carbocycles. The quantitative estimate of drug-likeness (QED) is 0.367. The van der Waals surface area contributed by atoms with Gasteiger partial charge in [0.25, 0.3) is 0 Å². The predicted octanol–water partition coefficient (Wildman–Crippen LogP) is 1.75. The van der Waals surface area contributed by atoms with Crippen LogP contribution in [0, 0.1) is 0 Å². The highest BCUT2D eigenvalue weighted by Crippen LogP contribution is 2.40. The fraction of sp³-hybridized carbons (Fsp3) is 1.00. The molecule has 0 radical (unpaired) electrons. The van der Waals surface area contributed by atoms with Gasteiger partial charge in [0.1, 0.15) is 0 Å². The van der Waals surface area contributed by atoms with Crippen LogP contribution in [0.2, 0.25) is 0 Å². The van der Waals surface area contributed by atoms with E-state index in [0.29, 0.717) is 0 Å². The molecule has 0 aliphatic rings. The minimum atomic E-state index is -5.38. The maximum Gasteiger partial charge on any atom is 0.493 e. The van der Waals surface area contributed by atoms with E-state index >= 15 is 0 Å². The summed E-state index contributed by atoms with van der Waals surface area (Å²) in [7, 11) is -0.384. The van der Waals surface area contributed by atoms with Crippen molar-refractivity contribution in [1.29, 1.82) is 0 Å². The van der Waals surface area contributed by atoms with Crippen LogP contribution in [0.4, 0.5) is 22.0 Å². The van der Waals surface area contributed by atoms with E-state index in [4.69, 9.17) is 0 Å². The van der Waals surface area contributed by atoms with Crippen molar-refractivity contribution in [3.05, 3.63) is 0 Å². The summed E-state index contributed by atoms with van der Waals surface area (Å²) in [6, 6.07) is 0. The molecule has 0 aliphatic heterocycles. The summed E-state index contributed by atoms with van der Waals surface area (Å²) in [4.78, 5) is 0. The fourth-order valence-electron chi connectivity index (χ4n) is 0. The van der Waals surface area contributed by atoms with Crippen molar-refractivity contribution >= 4 is 9.24 Å². The highest BCUT2D eigenvalue weighted by molar-refractivity contribution is 7.18. The van der Waals surface area contributed by atoms with E-state index in [0.717, 1.165) is 0 Å². The Morgan fingerprint density at radius 2 is 1.00 bits per heavy atom. The minimum Gasteiger partial charge on any atom is -0.162 e. The van der Waals surface area contributed by atoms with Crippen LogP contribution in [0.3, 0.4) is 0 Å². The Labute approximate surface area is 44.3 Å². The molecule has 0 aromatic rings. The average Bonchev–Trinajstić information content (AvgIpc) is 1.25. The third-order valence-corrected chi connectivity index (χ3v) is 0.816. The number of hydrogen-bond donors (Lipinski definition) is 0. The highest BCUT2D eigenvalue weighted by atomic mass is 31.0. The van der Waals surface area contributed by atoms with Gasteiger partial charge in [-0.25, -0.2) is 0 Å². The number of alkyl halides is 5. The van der Waals surface area contributed by atoms with Crippen LogP contribution in [0.5, 0.6) is 0 Å². The monoisotopic (exact) mass is 153 g/mol. The highest BCUT2D eigenvalue weighted by Gasteiger charge is 2.58. The van der Waals surface area contributed by atoms with Gasteiger partial charge in [-0.3, -0.25) is 0 Å². The Morgan fingerprint density at radius 1 is 0.875 bits per heavy atom. The van der Waals surface area contributed by atoms with E-state index in [-0.39, 0.29) is 9.24 Å². The van der Waals surface area contributed by atoms with Gasteiger partial charge in [-0.2, -0.15) is 22.0 Å². The van der Waals surface area contributed by atoms with Gasteiger partial charge in [0.05, 0.1) is 9.24 Å². The molecule has 0 bridgehead atoms. The lowest BCUT2D eigenvalue weighted by Crippen LogP contribution is -2.29. The first-order valence-electron chi connectivity index (χ1n) is 1.55. The third kappa shape index (κ3) is 1.90. The van der Waals surface area contributed by atoms with Gasteiger partial charge in [-0.05, 0) is 0 Å². The van der Waals surface area contributed by atoms with Crippen molar-refractivity contribution in [3.63, 3.8) is 0 Å². The van der Waals surface area contributed by atoms with E-state index in [2.05, 4.69) is 0 Å². The van der Waals surface area contributed by atoms with Gasteiger partial charge in [0.2, 0.25) is 0 Å². The lowest BCUT2D eigenvalue weighted by atomic mass is 10.7. The molecule has 0 saturated carbocycles. The Balaban J connectivity index is 4.02. The van der Waals surface area contributed by atoms with Gasteiger partial charge in [0.15, 0.2) is 0 Å². The summed E-state index contributed by atoms with van der Waals surface area (Å²) < 4.78 is 54.7. The summed E-state index contributed by atoms with van der Waals surface area (Å²) in [6.45, 7) is 0. The van der Waals surface area contributed by atoms with Gasteiger partial charge in [0, 0.05) is 0 Å². The summed E-state index contributed by atoms with van der Waals surface area (Å²) in [5, 5.41) is 0. The summed E-state index contributed by atoms with van der Waals surface area (Å²) in [5.41, 5.74) is -4.53. The maximum atomic E-state index is 11.1. The Bertz CT molecular complexity index is 65.4. The lowest BCUT2D eigenvalue weighted by Gasteiger charge is -2.07. The molecule has 0 heterocycles. The fourth-order valence-corrected chi connectivity index (χ4v) is 0. The molecule has 1 atom stereocenters. The first kappa shape index (κ1) is 8.08. The second-order valence-electron chi connectivity index (χ2n) is 1.20. The number of rotatable bonds is 0. The lowest BCUT2D eigenvalue weighted by molar-refractivity contribution is -0.238. The van der Waals surface area contributed by atoms with Gasteiger partial charge in [-0.1, -0.05) is 0 Å². The van der Waals surface area contributed by atoms with E-state index < -0.39 is 11.8 Å². The van der Waals surface area contributed by atoms with Crippen molar-refractivity contribution in [1.82, 2.24) is 0 Å². The standard InChI is InChI=1S/C2H2F5P/c3-1(4,5)2(6,7)8/h8H2/p+1. The molecule has 0 amide bonds. The Morgan fingerprint density at radius 3 is 1.00 bits per heavy atom. The van der Waals surface area contributed by atoms with Crippen LogP contribution < -0.4 is 0 Å². The molecule has 1 unspecified atom stereocenters. The molecule has 0 spiro atoms. The minimum absolute atomic E-state index is 0.384. The van der Waals surface area contributed by atoms with Crippen LogP contribution in [0.15, 0.2) is 0 Å². The van der Waals surface area contributed by atoms with Crippen LogP contribution in [0.25, 0.3) is 0 Å². The molecular weight excluding hydrogens is 150 g/mol. The zero-order chi connectivity index (χ0) is 7.00. The molecule has 8 heavy (non-hydrogen) atoms. The third-order valence-electron chi connectivity index (χ3n) is 0.415. The molecule has 0 rings (SSSR count). The van der Waals surface area contributed by atoms with E-state index in [1.54, 1.807) is 0 Å². The van der Waals surface area contributed by atoms with E-state index in [9.17, 15) is 22.0 Å². The maximum absolute atomic E-state index is 11.1. The summed E-state index contributed by atoms with van der Waals surface area (Å²) in [5.74, 6) is 0. The predicted molar refractivity (Wildman–Crippen MR) is 22.1 cm³/mol. The summed E-state index contributed by atoms with van der Waals surface area (Å²) >= 11 is 0. The molecule has 0 nitrogen and oxygen atoms in total. The van der Waals surface area contributed by atoms with Crippen molar-refractivity contribution in [2.75, 3.05) is 0 Å². The topological polar surface area (TPSA) is 0 Å². The van der Waals surface area contributed by atoms with Crippen molar-refractivity contribution in [2.45, 2.75) is 11.8 Å². The van der Waals surface area contributed by atoms with Crippen molar-refractivity contribution in [3.8, 4) is 0 Å². The van der Waals surface area contributed by atoms with Crippen LogP contribution in [-0.4, -0.2) is 11.8 Å². The van der Waals surface area contributed by atoms with Gasteiger partial charge in [-0.15, -0.1) is 0 Å². The largest absolute Gasteiger partial charge is 0.493 e.